The normalized spacial score (nSPS) is 27.5. The molecule has 100 valence electrons. The number of halogens is 2. The number of hydrogen-bond donors (Lipinski definition) is 2. The number of hydrogen-bond acceptors (Lipinski definition) is 3. The molecule has 0 saturated heterocycles. The fourth-order valence-electron chi connectivity index (χ4n) is 1.76. The SMILES string of the molecule is CC(C)(C)OC(=O)NC1(C(C)(C)N)CC1(F)F. The van der Waals surface area contributed by atoms with Crippen LogP contribution >= 0.6 is 0 Å². The first-order chi connectivity index (χ1) is 7.31. The molecule has 1 aliphatic carbocycles. The third kappa shape index (κ3) is 2.68. The number of alkyl halides is 2. The molecule has 0 aromatic carbocycles. The van der Waals surface area contributed by atoms with Gasteiger partial charge in [-0.2, -0.15) is 0 Å². The zero-order valence-electron chi connectivity index (χ0n) is 10.9. The van der Waals surface area contributed by atoms with Crippen molar-refractivity contribution in [2.24, 2.45) is 5.73 Å². The van der Waals surface area contributed by atoms with Gasteiger partial charge in [-0.1, -0.05) is 0 Å². The molecule has 6 heteroatoms. The topological polar surface area (TPSA) is 64.3 Å². The van der Waals surface area contributed by atoms with Crippen LogP contribution in [-0.4, -0.2) is 28.7 Å². The standard InChI is InChI=1S/C11H20F2N2O2/c1-8(2,3)17-7(16)15-10(9(4,5)14)6-11(10,12)13/h6,14H2,1-5H3,(H,15,16). The average molecular weight is 250 g/mol. The van der Waals surface area contributed by atoms with Crippen LogP contribution in [0.4, 0.5) is 13.6 Å². The predicted octanol–water partition coefficient (Wildman–Crippen LogP) is 2.03. The van der Waals surface area contributed by atoms with Crippen LogP contribution in [0.5, 0.6) is 0 Å². The fourth-order valence-corrected chi connectivity index (χ4v) is 1.76. The van der Waals surface area contributed by atoms with Gasteiger partial charge < -0.3 is 15.8 Å². The lowest BCUT2D eigenvalue weighted by Crippen LogP contribution is -2.61. The van der Waals surface area contributed by atoms with Crippen LogP contribution in [0.25, 0.3) is 0 Å². The van der Waals surface area contributed by atoms with E-state index in [4.69, 9.17) is 10.5 Å². The number of alkyl carbamates (subject to hydrolysis) is 1. The van der Waals surface area contributed by atoms with Gasteiger partial charge in [0.15, 0.2) is 0 Å². The van der Waals surface area contributed by atoms with Gasteiger partial charge in [-0.15, -0.1) is 0 Å². The summed E-state index contributed by atoms with van der Waals surface area (Å²) >= 11 is 0. The highest BCUT2D eigenvalue weighted by atomic mass is 19.3. The van der Waals surface area contributed by atoms with E-state index in [1.54, 1.807) is 20.8 Å². The smallest absolute Gasteiger partial charge is 0.408 e. The van der Waals surface area contributed by atoms with E-state index in [2.05, 4.69) is 5.32 Å². The fraction of sp³-hybridized carbons (Fsp3) is 0.909. The van der Waals surface area contributed by atoms with E-state index >= 15 is 0 Å². The second-order valence-corrected chi connectivity index (χ2v) is 6.14. The third-order valence-electron chi connectivity index (χ3n) is 2.80. The molecule has 17 heavy (non-hydrogen) atoms. The van der Waals surface area contributed by atoms with Gasteiger partial charge in [-0.25, -0.2) is 13.6 Å². The summed E-state index contributed by atoms with van der Waals surface area (Å²) < 4.78 is 31.7. The molecule has 1 fully saturated rings. The Hall–Kier alpha value is -0.910. The Morgan fingerprint density at radius 2 is 1.71 bits per heavy atom. The predicted molar refractivity (Wildman–Crippen MR) is 59.9 cm³/mol. The van der Waals surface area contributed by atoms with Gasteiger partial charge in [0.1, 0.15) is 11.1 Å². The Balaban J connectivity index is 2.76. The van der Waals surface area contributed by atoms with E-state index in [1.807, 2.05) is 0 Å². The number of rotatable bonds is 2. The maximum absolute atomic E-state index is 13.4. The maximum Gasteiger partial charge on any atom is 0.408 e. The van der Waals surface area contributed by atoms with E-state index in [0.717, 1.165) is 0 Å². The highest BCUT2D eigenvalue weighted by Gasteiger charge is 2.77. The number of carbonyl (C=O) groups is 1. The molecule has 1 rings (SSSR count). The van der Waals surface area contributed by atoms with Gasteiger partial charge in [0.05, 0.1) is 0 Å². The van der Waals surface area contributed by atoms with Crippen LogP contribution in [0.3, 0.4) is 0 Å². The van der Waals surface area contributed by atoms with Crippen molar-refractivity contribution < 1.29 is 18.3 Å². The third-order valence-corrected chi connectivity index (χ3v) is 2.80. The molecule has 0 aliphatic heterocycles. The molecule has 1 amide bonds. The molecule has 0 spiro atoms. The summed E-state index contributed by atoms with van der Waals surface area (Å²) in [6.45, 7) is 7.92. The lowest BCUT2D eigenvalue weighted by molar-refractivity contribution is 0.0258. The summed E-state index contributed by atoms with van der Waals surface area (Å²) in [7, 11) is 0. The summed E-state index contributed by atoms with van der Waals surface area (Å²) in [5, 5.41) is 2.22. The second kappa shape index (κ2) is 3.54. The lowest BCUT2D eigenvalue weighted by atomic mass is 9.92. The van der Waals surface area contributed by atoms with Gasteiger partial charge in [0, 0.05) is 12.0 Å². The van der Waals surface area contributed by atoms with Crippen LogP contribution in [-0.2, 0) is 4.74 Å². The van der Waals surface area contributed by atoms with Crippen molar-refractivity contribution in [3.63, 3.8) is 0 Å². The summed E-state index contributed by atoms with van der Waals surface area (Å²) in [5.41, 5.74) is 2.06. The number of ether oxygens (including phenoxy) is 1. The Morgan fingerprint density at radius 3 is 1.94 bits per heavy atom. The molecule has 1 unspecified atom stereocenters. The molecule has 1 saturated carbocycles. The highest BCUT2D eigenvalue weighted by Crippen LogP contribution is 2.57. The van der Waals surface area contributed by atoms with Crippen LogP contribution in [0.2, 0.25) is 0 Å². The highest BCUT2D eigenvalue weighted by molar-refractivity contribution is 5.70. The second-order valence-electron chi connectivity index (χ2n) is 6.14. The van der Waals surface area contributed by atoms with Crippen molar-refractivity contribution in [2.45, 2.75) is 63.6 Å². The molecule has 1 aliphatic rings. The quantitative estimate of drug-likeness (QED) is 0.788. The molecule has 3 N–H and O–H groups in total. The van der Waals surface area contributed by atoms with Gasteiger partial charge in [0.2, 0.25) is 0 Å². The van der Waals surface area contributed by atoms with Crippen molar-refractivity contribution in [1.82, 2.24) is 5.32 Å². The van der Waals surface area contributed by atoms with Gasteiger partial charge in [-0.3, -0.25) is 0 Å². The first kappa shape index (κ1) is 14.2. The Labute approximate surface area is 99.9 Å². The van der Waals surface area contributed by atoms with Gasteiger partial charge in [0.25, 0.3) is 5.92 Å². The van der Waals surface area contributed by atoms with Gasteiger partial charge >= 0.3 is 6.09 Å². The summed E-state index contributed by atoms with van der Waals surface area (Å²) in [4.78, 5) is 11.5. The average Bonchev–Trinajstić information content (AvgIpc) is 2.47. The summed E-state index contributed by atoms with van der Waals surface area (Å²) in [6.07, 6.45) is -1.32. The maximum atomic E-state index is 13.4. The van der Waals surface area contributed by atoms with Crippen molar-refractivity contribution >= 4 is 6.09 Å². The first-order valence-electron chi connectivity index (χ1n) is 5.49. The minimum Gasteiger partial charge on any atom is -0.444 e. The van der Waals surface area contributed by atoms with Crippen LogP contribution in [0, 0.1) is 0 Å². The van der Waals surface area contributed by atoms with E-state index in [-0.39, 0.29) is 0 Å². The largest absolute Gasteiger partial charge is 0.444 e. The molecular formula is C11H20F2N2O2. The van der Waals surface area contributed by atoms with Crippen molar-refractivity contribution in [1.29, 1.82) is 0 Å². The van der Waals surface area contributed by atoms with Crippen molar-refractivity contribution in [3.05, 3.63) is 0 Å². The Bertz CT molecular complexity index is 331. The molecule has 0 aromatic rings. The van der Waals surface area contributed by atoms with E-state index in [1.165, 1.54) is 13.8 Å². The van der Waals surface area contributed by atoms with Gasteiger partial charge in [-0.05, 0) is 34.6 Å². The molecule has 4 nitrogen and oxygen atoms in total. The lowest BCUT2D eigenvalue weighted by Gasteiger charge is -2.32. The number of nitrogens with one attached hydrogen (secondary N) is 1. The molecule has 0 radical (unpaired) electrons. The molecular weight excluding hydrogens is 230 g/mol. The Kier molecular flexibility index (Phi) is 2.95. The van der Waals surface area contributed by atoms with E-state index in [0.29, 0.717) is 0 Å². The molecule has 0 bridgehead atoms. The van der Waals surface area contributed by atoms with Crippen LogP contribution < -0.4 is 11.1 Å². The zero-order chi connectivity index (χ0) is 13.7. The molecule has 0 aromatic heterocycles. The molecule has 1 atom stereocenters. The Morgan fingerprint density at radius 1 is 1.29 bits per heavy atom. The van der Waals surface area contributed by atoms with Crippen LogP contribution in [0.15, 0.2) is 0 Å². The van der Waals surface area contributed by atoms with E-state index < -0.39 is 35.1 Å². The zero-order valence-corrected chi connectivity index (χ0v) is 10.9. The minimum absolute atomic E-state index is 0.456. The monoisotopic (exact) mass is 250 g/mol. The summed E-state index contributed by atoms with van der Waals surface area (Å²) in [6, 6.07) is 0. The van der Waals surface area contributed by atoms with Crippen LogP contribution in [0.1, 0.15) is 41.0 Å². The minimum atomic E-state index is -2.98. The number of nitrogens with two attached hydrogens (primary N) is 1. The van der Waals surface area contributed by atoms with Crippen molar-refractivity contribution in [2.75, 3.05) is 0 Å². The number of amides is 1. The first-order valence-corrected chi connectivity index (χ1v) is 5.49. The van der Waals surface area contributed by atoms with E-state index in [9.17, 15) is 13.6 Å². The molecule has 0 heterocycles. The van der Waals surface area contributed by atoms with Crippen molar-refractivity contribution in [3.8, 4) is 0 Å². The number of carbonyl (C=O) groups excluding carboxylic acids is 1. The summed E-state index contributed by atoms with van der Waals surface area (Å²) in [5.74, 6) is -2.98.